The zero-order valence-electron chi connectivity index (χ0n) is 9.00. The van der Waals surface area contributed by atoms with Crippen LogP contribution in [0.5, 0.6) is 0 Å². The molecule has 1 aromatic rings. The molecule has 0 amide bonds. The van der Waals surface area contributed by atoms with Crippen molar-refractivity contribution in [3.63, 3.8) is 0 Å². The van der Waals surface area contributed by atoms with E-state index in [1.165, 1.54) is 14.2 Å². The maximum atomic E-state index is 11.6. The predicted octanol–water partition coefficient (Wildman–Crippen LogP) is 2.72. The first kappa shape index (κ1) is 13.5. The van der Waals surface area contributed by atoms with Crippen LogP contribution in [0.1, 0.15) is 5.56 Å². The fraction of sp³-hybridized carbons (Fsp3) is 0.364. The third-order valence-corrected chi connectivity index (χ3v) is 2.79. The molecule has 0 spiro atoms. The Labute approximate surface area is 104 Å². The van der Waals surface area contributed by atoms with Crippen LogP contribution in [0.2, 0.25) is 10.0 Å². The lowest BCUT2D eigenvalue weighted by atomic mass is 10.1. The second kappa shape index (κ2) is 6.21. The number of ether oxygens (including phenoxy) is 2. The predicted molar refractivity (Wildman–Crippen MR) is 63.0 cm³/mol. The molecule has 0 aliphatic rings. The van der Waals surface area contributed by atoms with Gasteiger partial charge in [0.05, 0.1) is 10.0 Å². The van der Waals surface area contributed by atoms with Gasteiger partial charge < -0.3 is 9.47 Å². The number of hydrogen-bond donors (Lipinski definition) is 0. The van der Waals surface area contributed by atoms with E-state index < -0.39 is 6.29 Å². The number of benzene rings is 1. The van der Waals surface area contributed by atoms with Crippen molar-refractivity contribution in [2.45, 2.75) is 12.7 Å². The first-order chi connectivity index (χ1) is 7.58. The zero-order valence-corrected chi connectivity index (χ0v) is 10.5. The summed E-state index contributed by atoms with van der Waals surface area (Å²) >= 11 is 11.6. The van der Waals surface area contributed by atoms with E-state index >= 15 is 0 Å². The molecule has 88 valence electrons. The maximum Gasteiger partial charge on any atom is 0.217 e. The van der Waals surface area contributed by atoms with Crippen molar-refractivity contribution < 1.29 is 14.3 Å². The van der Waals surface area contributed by atoms with Gasteiger partial charge in [-0.25, -0.2) is 0 Å². The second-order valence-electron chi connectivity index (χ2n) is 3.19. The zero-order chi connectivity index (χ0) is 12.1. The van der Waals surface area contributed by atoms with Gasteiger partial charge in [0.25, 0.3) is 0 Å². The van der Waals surface area contributed by atoms with Gasteiger partial charge in [-0.3, -0.25) is 4.79 Å². The smallest absolute Gasteiger partial charge is 0.217 e. The SMILES string of the molecule is COC(OC)C(=O)Cc1ccc(Cl)c(Cl)c1. The highest BCUT2D eigenvalue weighted by Gasteiger charge is 2.17. The van der Waals surface area contributed by atoms with Gasteiger partial charge >= 0.3 is 0 Å². The third-order valence-electron chi connectivity index (χ3n) is 2.05. The Balaban J connectivity index is 2.73. The Morgan fingerprint density at radius 2 is 1.88 bits per heavy atom. The quantitative estimate of drug-likeness (QED) is 0.766. The van der Waals surface area contributed by atoms with E-state index in [1.54, 1.807) is 18.2 Å². The minimum absolute atomic E-state index is 0.164. The molecule has 0 N–H and O–H groups in total. The minimum Gasteiger partial charge on any atom is -0.349 e. The van der Waals surface area contributed by atoms with Gasteiger partial charge in [-0.05, 0) is 17.7 Å². The average molecular weight is 263 g/mol. The summed E-state index contributed by atoms with van der Waals surface area (Å²) in [6.07, 6.45) is -0.641. The van der Waals surface area contributed by atoms with Crippen molar-refractivity contribution in [3.8, 4) is 0 Å². The topological polar surface area (TPSA) is 35.5 Å². The minimum atomic E-state index is -0.838. The van der Waals surface area contributed by atoms with Gasteiger partial charge in [0.15, 0.2) is 5.78 Å². The number of rotatable bonds is 5. The van der Waals surface area contributed by atoms with Gasteiger partial charge in [0.2, 0.25) is 6.29 Å². The van der Waals surface area contributed by atoms with E-state index in [1.807, 2.05) is 0 Å². The number of halogens is 2. The summed E-state index contributed by atoms with van der Waals surface area (Å²) in [5.74, 6) is -0.164. The highest BCUT2D eigenvalue weighted by molar-refractivity contribution is 6.42. The van der Waals surface area contributed by atoms with Gasteiger partial charge in [-0.1, -0.05) is 29.3 Å². The third kappa shape index (κ3) is 3.46. The highest BCUT2D eigenvalue weighted by Crippen LogP contribution is 2.23. The fourth-order valence-electron chi connectivity index (χ4n) is 1.29. The van der Waals surface area contributed by atoms with E-state index in [0.717, 1.165) is 5.56 Å². The molecule has 1 aromatic carbocycles. The lowest BCUT2D eigenvalue weighted by molar-refractivity contribution is -0.155. The summed E-state index contributed by atoms with van der Waals surface area (Å²) in [6, 6.07) is 5.06. The Bertz CT molecular complexity index is 375. The molecular weight excluding hydrogens is 251 g/mol. The molecule has 0 unspecified atom stereocenters. The van der Waals surface area contributed by atoms with Crippen molar-refractivity contribution in [2.24, 2.45) is 0 Å². The number of Topliss-reactive ketones (excluding diaryl/α,β-unsaturated/α-hetero) is 1. The summed E-state index contributed by atoms with van der Waals surface area (Å²) < 4.78 is 9.71. The molecule has 0 saturated heterocycles. The van der Waals surface area contributed by atoms with E-state index in [9.17, 15) is 4.79 Å². The summed E-state index contributed by atoms with van der Waals surface area (Å²) in [5.41, 5.74) is 0.776. The molecule has 0 radical (unpaired) electrons. The molecule has 0 aromatic heterocycles. The van der Waals surface area contributed by atoms with Gasteiger partial charge in [-0.2, -0.15) is 0 Å². The van der Waals surface area contributed by atoms with Crippen molar-refractivity contribution in [1.29, 1.82) is 0 Å². The molecule has 0 fully saturated rings. The van der Waals surface area contributed by atoms with E-state index in [4.69, 9.17) is 32.7 Å². The van der Waals surface area contributed by atoms with Crippen LogP contribution >= 0.6 is 23.2 Å². The molecule has 1 rings (SSSR count). The van der Waals surface area contributed by atoms with Gasteiger partial charge in [0, 0.05) is 20.6 Å². The highest BCUT2D eigenvalue weighted by atomic mass is 35.5. The van der Waals surface area contributed by atoms with Crippen molar-refractivity contribution in [2.75, 3.05) is 14.2 Å². The number of ketones is 1. The summed E-state index contributed by atoms with van der Waals surface area (Å²) in [7, 11) is 2.84. The molecule has 3 nitrogen and oxygen atoms in total. The van der Waals surface area contributed by atoms with Crippen LogP contribution in [-0.2, 0) is 20.7 Å². The Kier molecular flexibility index (Phi) is 5.22. The van der Waals surface area contributed by atoms with Crippen LogP contribution in [0.3, 0.4) is 0 Å². The molecule has 0 bridgehead atoms. The van der Waals surface area contributed by atoms with Crippen LogP contribution < -0.4 is 0 Å². The molecule has 0 saturated carbocycles. The lowest BCUT2D eigenvalue weighted by Crippen LogP contribution is -2.26. The van der Waals surface area contributed by atoms with Crippen LogP contribution in [0.4, 0.5) is 0 Å². The second-order valence-corrected chi connectivity index (χ2v) is 4.01. The molecule has 16 heavy (non-hydrogen) atoms. The van der Waals surface area contributed by atoms with Crippen LogP contribution in [0, 0.1) is 0 Å². The molecule has 0 atom stereocenters. The van der Waals surface area contributed by atoms with Crippen molar-refractivity contribution in [3.05, 3.63) is 33.8 Å². The summed E-state index contributed by atoms with van der Waals surface area (Å²) in [6.45, 7) is 0. The van der Waals surface area contributed by atoms with Crippen molar-refractivity contribution >= 4 is 29.0 Å². The molecule has 0 aliphatic heterocycles. The van der Waals surface area contributed by atoms with Crippen LogP contribution in [0.15, 0.2) is 18.2 Å². The summed E-state index contributed by atoms with van der Waals surface area (Å²) in [4.78, 5) is 11.6. The number of carbonyl (C=O) groups is 1. The molecular formula is C11H12Cl2O3. The Morgan fingerprint density at radius 3 is 2.38 bits per heavy atom. The molecule has 0 aliphatic carbocycles. The number of methoxy groups -OCH3 is 2. The molecule has 0 heterocycles. The normalized spacial score (nSPS) is 10.8. The van der Waals surface area contributed by atoms with E-state index in [-0.39, 0.29) is 12.2 Å². The van der Waals surface area contributed by atoms with E-state index in [2.05, 4.69) is 0 Å². The Hall–Kier alpha value is -0.610. The van der Waals surface area contributed by atoms with Gasteiger partial charge in [-0.15, -0.1) is 0 Å². The van der Waals surface area contributed by atoms with Crippen LogP contribution in [-0.4, -0.2) is 26.3 Å². The first-order valence-electron chi connectivity index (χ1n) is 4.60. The monoisotopic (exact) mass is 262 g/mol. The number of hydrogen-bond acceptors (Lipinski definition) is 3. The lowest BCUT2D eigenvalue weighted by Gasteiger charge is -2.11. The fourth-order valence-corrected chi connectivity index (χ4v) is 1.61. The maximum absolute atomic E-state index is 11.6. The average Bonchev–Trinajstić information content (AvgIpc) is 2.25. The van der Waals surface area contributed by atoms with Gasteiger partial charge in [0.1, 0.15) is 0 Å². The van der Waals surface area contributed by atoms with Crippen LogP contribution in [0.25, 0.3) is 0 Å². The first-order valence-corrected chi connectivity index (χ1v) is 5.36. The summed E-state index contributed by atoms with van der Waals surface area (Å²) in [5, 5.41) is 0.895. The Morgan fingerprint density at radius 1 is 1.25 bits per heavy atom. The standard InChI is InChI=1S/C11H12Cl2O3/c1-15-11(16-2)10(14)6-7-3-4-8(12)9(13)5-7/h3-5,11H,6H2,1-2H3. The van der Waals surface area contributed by atoms with E-state index in [0.29, 0.717) is 10.0 Å². The van der Waals surface area contributed by atoms with Crippen molar-refractivity contribution in [1.82, 2.24) is 0 Å². The number of carbonyl (C=O) groups excluding carboxylic acids is 1. The largest absolute Gasteiger partial charge is 0.349 e. The molecule has 5 heteroatoms.